The minimum atomic E-state index is -0.798. The zero-order valence-corrected chi connectivity index (χ0v) is 37.9. The van der Waals surface area contributed by atoms with Crippen molar-refractivity contribution in [1.82, 2.24) is 5.32 Å². The number of amides is 1. The minimum absolute atomic E-state index is 0.0502. The van der Waals surface area contributed by atoms with Crippen LogP contribution < -0.4 is 5.32 Å². The molecule has 0 aliphatic carbocycles. The molecule has 6 heteroatoms. The van der Waals surface area contributed by atoms with Crippen molar-refractivity contribution in [1.29, 1.82) is 0 Å². The number of carbonyl (C=O) groups excluding carboxylic acids is 2. The van der Waals surface area contributed by atoms with Crippen molar-refractivity contribution in [2.24, 2.45) is 0 Å². The number of ether oxygens (including phenoxy) is 1. The molecule has 0 radical (unpaired) electrons. The van der Waals surface area contributed by atoms with Gasteiger partial charge in [-0.2, -0.15) is 0 Å². The molecule has 0 fully saturated rings. The molecule has 0 bridgehead atoms. The lowest BCUT2D eigenvalue weighted by Gasteiger charge is -2.24. The fourth-order valence-corrected chi connectivity index (χ4v) is 6.86. The summed E-state index contributed by atoms with van der Waals surface area (Å²) in [7, 11) is 0. The van der Waals surface area contributed by atoms with Gasteiger partial charge in [0.2, 0.25) is 5.91 Å². The van der Waals surface area contributed by atoms with Gasteiger partial charge in [0.15, 0.2) is 0 Å². The average Bonchev–Trinajstić information content (AvgIpc) is 3.22. The number of carbonyl (C=O) groups is 2. The van der Waals surface area contributed by atoms with Crippen molar-refractivity contribution in [3.8, 4) is 0 Å². The third kappa shape index (κ3) is 40.1. The van der Waals surface area contributed by atoms with Gasteiger partial charge in [-0.1, -0.05) is 184 Å². The predicted octanol–water partition coefficient (Wildman–Crippen LogP) is 14.2. The van der Waals surface area contributed by atoms with Crippen molar-refractivity contribution in [3.05, 3.63) is 72.9 Å². The van der Waals surface area contributed by atoms with E-state index in [0.717, 1.165) is 109 Å². The molecular formula is C52H91NO5. The van der Waals surface area contributed by atoms with Crippen LogP contribution in [0.1, 0.15) is 220 Å². The van der Waals surface area contributed by atoms with Gasteiger partial charge in [-0.15, -0.1) is 0 Å². The first kappa shape index (κ1) is 55.3. The molecule has 1 amide bonds. The van der Waals surface area contributed by atoms with Crippen LogP contribution in [0.4, 0.5) is 0 Å². The number of aliphatic hydroxyl groups is 2. The maximum Gasteiger partial charge on any atom is 0.306 e. The van der Waals surface area contributed by atoms with Gasteiger partial charge in [-0.05, 0) is 96.3 Å². The molecule has 0 rings (SSSR count). The maximum absolute atomic E-state index is 13.1. The molecule has 6 nitrogen and oxygen atoms in total. The number of nitrogens with one attached hydrogen (secondary N) is 1. The average molecular weight is 810 g/mol. The van der Waals surface area contributed by atoms with E-state index < -0.39 is 18.2 Å². The Balaban J connectivity index is 4.60. The maximum atomic E-state index is 13.1. The third-order valence-corrected chi connectivity index (χ3v) is 10.5. The first-order chi connectivity index (χ1) is 28.5. The highest BCUT2D eigenvalue weighted by Crippen LogP contribution is 2.17. The molecule has 3 unspecified atom stereocenters. The normalized spacial score (nSPS) is 13.9. The standard InChI is InChI=1S/C52H91NO5/c1-4-7-10-13-16-19-22-23-24-25-26-27-28-29-30-33-36-39-42-45-52(57)58-48(43-40-37-34-31-20-17-14-11-8-5-2)46-51(56)53-49(47-54)50(55)44-41-38-35-32-21-18-15-12-9-6-3/h7,10,16-17,19-20,23-24,26-27,29-30,48-50,54-55H,4-6,8-9,11-15,18,21-22,25,28,31-47H2,1-3H3,(H,53,56)/b10-7-,19-16-,20-17-,24-23-,27-26-,30-29-. The second-order valence-corrected chi connectivity index (χ2v) is 16.1. The summed E-state index contributed by atoms with van der Waals surface area (Å²) >= 11 is 0. The zero-order chi connectivity index (χ0) is 42.4. The Hall–Kier alpha value is -2.70. The van der Waals surface area contributed by atoms with Crippen molar-refractivity contribution in [2.75, 3.05) is 6.61 Å². The number of rotatable bonds is 42. The van der Waals surface area contributed by atoms with Crippen LogP contribution in [0, 0.1) is 0 Å². The summed E-state index contributed by atoms with van der Waals surface area (Å²) in [5.41, 5.74) is 0. The molecule has 0 aromatic carbocycles. The van der Waals surface area contributed by atoms with E-state index >= 15 is 0 Å². The van der Waals surface area contributed by atoms with Crippen LogP contribution in [0.15, 0.2) is 72.9 Å². The highest BCUT2D eigenvalue weighted by atomic mass is 16.5. The summed E-state index contributed by atoms with van der Waals surface area (Å²) in [6, 6.07) is -0.713. The second-order valence-electron chi connectivity index (χ2n) is 16.1. The van der Waals surface area contributed by atoms with Gasteiger partial charge in [-0.3, -0.25) is 9.59 Å². The second kappa shape index (κ2) is 45.4. The van der Waals surface area contributed by atoms with E-state index in [1.807, 2.05) is 0 Å². The monoisotopic (exact) mass is 810 g/mol. The van der Waals surface area contributed by atoms with E-state index in [-0.39, 0.29) is 24.9 Å². The summed E-state index contributed by atoms with van der Waals surface area (Å²) in [5, 5.41) is 23.6. The SMILES string of the molecule is CC/C=C\C/C=C\C/C=C\C/C=C\C/C=C\CCCCCC(=O)OC(CCCCC/C=C\CCCCC)CC(=O)NC(CO)C(O)CCCCCCCCCCCC. The summed E-state index contributed by atoms with van der Waals surface area (Å²) < 4.78 is 5.88. The van der Waals surface area contributed by atoms with E-state index in [9.17, 15) is 19.8 Å². The van der Waals surface area contributed by atoms with Crippen molar-refractivity contribution < 1.29 is 24.5 Å². The molecule has 0 heterocycles. The smallest absolute Gasteiger partial charge is 0.306 e. The van der Waals surface area contributed by atoms with Crippen LogP contribution in [0.2, 0.25) is 0 Å². The van der Waals surface area contributed by atoms with Gasteiger partial charge in [0.25, 0.3) is 0 Å². The van der Waals surface area contributed by atoms with Crippen molar-refractivity contribution in [3.63, 3.8) is 0 Å². The van der Waals surface area contributed by atoms with Gasteiger partial charge in [-0.25, -0.2) is 0 Å². The molecule has 0 aromatic rings. The number of unbranched alkanes of at least 4 members (excludes halogenated alkanes) is 18. The lowest BCUT2D eigenvalue weighted by atomic mass is 10.0. The third-order valence-electron chi connectivity index (χ3n) is 10.5. The van der Waals surface area contributed by atoms with E-state index in [1.165, 1.54) is 64.2 Å². The quantitative estimate of drug-likeness (QED) is 0.0324. The molecule has 0 aliphatic rings. The topological polar surface area (TPSA) is 95.9 Å². The van der Waals surface area contributed by atoms with Crippen LogP contribution in [-0.4, -0.2) is 46.9 Å². The van der Waals surface area contributed by atoms with Crippen LogP contribution in [0.3, 0.4) is 0 Å². The van der Waals surface area contributed by atoms with Gasteiger partial charge >= 0.3 is 5.97 Å². The predicted molar refractivity (Wildman–Crippen MR) is 250 cm³/mol. The molecule has 58 heavy (non-hydrogen) atoms. The van der Waals surface area contributed by atoms with E-state index in [1.54, 1.807) is 0 Å². The van der Waals surface area contributed by atoms with Crippen LogP contribution in [0.25, 0.3) is 0 Å². The fourth-order valence-electron chi connectivity index (χ4n) is 6.86. The Morgan fingerprint density at radius 3 is 1.47 bits per heavy atom. The first-order valence-corrected chi connectivity index (χ1v) is 24.2. The molecule has 334 valence electrons. The Kier molecular flexibility index (Phi) is 43.3. The molecule has 0 saturated heterocycles. The van der Waals surface area contributed by atoms with Crippen molar-refractivity contribution >= 4 is 11.9 Å². The summed E-state index contributed by atoms with van der Waals surface area (Å²) in [5.74, 6) is -0.534. The van der Waals surface area contributed by atoms with E-state index in [4.69, 9.17) is 4.74 Å². The summed E-state index contributed by atoms with van der Waals surface area (Å²) in [6.07, 6.45) is 56.8. The van der Waals surface area contributed by atoms with Crippen molar-refractivity contribution in [2.45, 2.75) is 238 Å². The minimum Gasteiger partial charge on any atom is -0.462 e. The van der Waals surface area contributed by atoms with Gasteiger partial charge in [0.1, 0.15) is 6.10 Å². The van der Waals surface area contributed by atoms with Gasteiger partial charge in [0.05, 0.1) is 25.2 Å². The molecule has 0 spiro atoms. The molecule has 3 N–H and O–H groups in total. The van der Waals surface area contributed by atoms with E-state index in [2.05, 4.69) is 99.0 Å². The highest BCUT2D eigenvalue weighted by molar-refractivity contribution is 5.77. The number of aliphatic hydroxyl groups excluding tert-OH is 2. The molecular weight excluding hydrogens is 719 g/mol. The van der Waals surface area contributed by atoms with E-state index in [0.29, 0.717) is 19.3 Å². The molecule has 0 aromatic heterocycles. The molecule has 0 saturated carbocycles. The number of esters is 1. The van der Waals surface area contributed by atoms with Crippen LogP contribution >= 0.6 is 0 Å². The fraction of sp³-hybridized carbons (Fsp3) is 0.731. The highest BCUT2D eigenvalue weighted by Gasteiger charge is 2.24. The van der Waals surface area contributed by atoms with Crippen LogP contribution in [0.5, 0.6) is 0 Å². The largest absolute Gasteiger partial charge is 0.462 e. The first-order valence-electron chi connectivity index (χ1n) is 24.2. The number of hydrogen-bond donors (Lipinski definition) is 3. The Morgan fingerprint density at radius 2 is 0.931 bits per heavy atom. The lowest BCUT2D eigenvalue weighted by molar-refractivity contribution is -0.151. The number of hydrogen-bond acceptors (Lipinski definition) is 5. The molecule has 0 aliphatic heterocycles. The van der Waals surface area contributed by atoms with Gasteiger partial charge < -0.3 is 20.3 Å². The lowest BCUT2D eigenvalue weighted by Crippen LogP contribution is -2.46. The Morgan fingerprint density at radius 1 is 0.517 bits per heavy atom. The zero-order valence-electron chi connectivity index (χ0n) is 37.9. The Labute approximate surface area is 358 Å². The summed E-state index contributed by atoms with van der Waals surface area (Å²) in [4.78, 5) is 26.0. The summed E-state index contributed by atoms with van der Waals surface area (Å²) in [6.45, 7) is 6.30. The van der Waals surface area contributed by atoms with Gasteiger partial charge in [0, 0.05) is 6.42 Å². The Bertz CT molecular complexity index is 1090. The molecule has 3 atom stereocenters. The van der Waals surface area contributed by atoms with Crippen LogP contribution in [-0.2, 0) is 14.3 Å². The number of allylic oxidation sites excluding steroid dienone is 12.